The van der Waals surface area contributed by atoms with E-state index in [9.17, 15) is 9.90 Å². The Kier molecular flexibility index (Phi) is 3.42. The minimum Gasteiger partial charge on any atom is -0.508 e. The molecule has 3 aromatic rings. The number of hydrogen-bond donors (Lipinski definition) is 2. The van der Waals surface area contributed by atoms with E-state index in [0.29, 0.717) is 11.5 Å². The lowest BCUT2D eigenvalue weighted by Gasteiger charge is -1.98. The molecule has 6 nitrogen and oxygen atoms in total. The van der Waals surface area contributed by atoms with E-state index >= 15 is 0 Å². The maximum absolute atomic E-state index is 11.9. The Labute approximate surface area is 120 Å². The molecule has 3 rings (SSSR count). The number of hydrogen-bond acceptors (Lipinski definition) is 5. The van der Waals surface area contributed by atoms with Crippen LogP contribution in [-0.4, -0.2) is 16.2 Å². The third-order valence-electron chi connectivity index (χ3n) is 2.90. The van der Waals surface area contributed by atoms with Crippen LogP contribution in [0.2, 0.25) is 0 Å². The smallest absolute Gasteiger partial charge is 0.273 e. The number of aromatic hydroxyl groups is 1. The van der Waals surface area contributed by atoms with Crippen LogP contribution in [0.3, 0.4) is 0 Å². The van der Waals surface area contributed by atoms with E-state index in [-0.39, 0.29) is 23.9 Å². The van der Waals surface area contributed by atoms with Crippen molar-refractivity contribution in [2.75, 3.05) is 0 Å². The molecule has 0 spiro atoms. The molecular formula is C15H12N2O4. The average Bonchev–Trinajstić information content (AvgIpc) is 3.17. The molecule has 0 atom stereocenters. The predicted molar refractivity (Wildman–Crippen MR) is 73.5 cm³/mol. The van der Waals surface area contributed by atoms with Crippen molar-refractivity contribution in [2.24, 2.45) is 0 Å². The van der Waals surface area contributed by atoms with Crippen LogP contribution in [0.5, 0.6) is 5.75 Å². The second-order valence-corrected chi connectivity index (χ2v) is 4.39. The molecule has 106 valence electrons. The average molecular weight is 284 g/mol. The van der Waals surface area contributed by atoms with Gasteiger partial charge in [-0.3, -0.25) is 4.79 Å². The lowest BCUT2D eigenvalue weighted by Crippen LogP contribution is -2.22. The zero-order valence-corrected chi connectivity index (χ0v) is 10.9. The first-order valence-electron chi connectivity index (χ1n) is 6.29. The van der Waals surface area contributed by atoms with Crippen LogP contribution >= 0.6 is 0 Å². The second-order valence-electron chi connectivity index (χ2n) is 4.39. The molecule has 6 heteroatoms. The molecule has 2 N–H and O–H groups in total. The number of benzene rings is 1. The molecule has 2 heterocycles. The fraction of sp³-hybridized carbons (Fsp3) is 0.0667. The van der Waals surface area contributed by atoms with Gasteiger partial charge in [0.25, 0.3) is 5.91 Å². The van der Waals surface area contributed by atoms with E-state index in [4.69, 9.17) is 8.94 Å². The molecular weight excluding hydrogens is 272 g/mol. The molecule has 0 radical (unpaired) electrons. The van der Waals surface area contributed by atoms with Gasteiger partial charge in [-0.2, -0.15) is 0 Å². The lowest BCUT2D eigenvalue weighted by atomic mass is 10.1. The standard InChI is InChI=1S/C15H12N2O4/c18-11-5-3-10(4-6-11)14-8-13(17-21-14)15(19)16-9-12-2-1-7-20-12/h1-8,18H,9H2,(H,16,19). The number of rotatable bonds is 4. The summed E-state index contributed by atoms with van der Waals surface area (Å²) in [6.45, 7) is 0.285. The molecule has 0 aliphatic heterocycles. The van der Waals surface area contributed by atoms with Gasteiger partial charge in [-0.25, -0.2) is 0 Å². The van der Waals surface area contributed by atoms with E-state index < -0.39 is 0 Å². The Morgan fingerprint density at radius 2 is 2.05 bits per heavy atom. The number of phenolic OH excluding ortho intramolecular Hbond substituents is 1. The molecule has 0 saturated carbocycles. The summed E-state index contributed by atoms with van der Waals surface area (Å²) in [5, 5.41) is 15.7. The van der Waals surface area contributed by atoms with Crippen molar-refractivity contribution in [3.8, 4) is 17.1 Å². The first-order chi connectivity index (χ1) is 10.2. The van der Waals surface area contributed by atoms with Gasteiger partial charge in [-0.15, -0.1) is 0 Å². The SMILES string of the molecule is O=C(NCc1ccco1)c1cc(-c2ccc(O)cc2)on1. The second kappa shape index (κ2) is 5.54. The van der Waals surface area contributed by atoms with Crippen molar-refractivity contribution >= 4 is 5.91 Å². The van der Waals surface area contributed by atoms with E-state index in [0.717, 1.165) is 5.56 Å². The van der Waals surface area contributed by atoms with E-state index in [2.05, 4.69) is 10.5 Å². The van der Waals surface area contributed by atoms with Gasteiger partial charge in [0.1, 0.15) is 11.5 Å². The third-order valence-corrected chi connectivity index (χ3v) is 2.90. The molecule has 0 unspecified atom stereocenters. The number of nitrogens with one attached hydrogen (secondary N) is 1. The molecule has 1 amide bonds. The summed E-state index contributed by atoms with van der Waals surface area (Å²) in [6.07, 6.45) is 1.54. The molecule has 0 aliphatic carbocycles. The van der Waals surface area contributed by atoms with Crippen molar-refractivity contribution in [2.45, 2.75) is 6.54 Å². The highest BCUT2D eigenvalue weighted by Crippen LogP contribution is 2.22. The maximum Gasteiger partial charge on any atom is 0.273 e. The monoisotopic (exact) mass is 284 g/mol. The molecule has 0 bridgehead atoms. The number of carbonyl (C=O) groups excluding carboxylic acids is 1. The number of amides is 1. The van der Waals surface area contributed by atoms with Crippen LogP contribution in [0, 0.1) is 0 Å². The minimum atomic E-state index is -0.347. The minimum absolute atomic E-state index is 0.162. The number of carbonyl (C=O) groups is 1. The first-order valence-corrected chi connectivity index (χ1v) is 6.29. The largest absolute Gasteiger partial charge is 0.508 e. The van der Waals surface area contributed by atoms with Crippen LogP contribution in [0.4, 0.5) is 0 Å². The third kappa shape index (κ3) is 2.94. The molecule has 2 aromatic heterocycles. The van der Waals surface area contributed by atoms with Gasteiger partial charge >= 0.3 is 0 Å². The van der Waals surface area contributed by atoms with Gasteiger partial charge in [-0.05, 0) is 36.4 Å². The zero-order chi connectivity index (χ0) is 14.7. The Morgan fingerprint density at radius 1 is 1.24 bits per heavy atom. The van der Waals surface area contributed by atoms with Crippen LogP contribution < -0.4 is 5.32 Å². The van der Waals surface area contributed by atoms with Crippen LogP contribution in [0.25, 0.3) is 11.3 Å². The Balaban J connectivity index is 1.69. The van der Waals surface area contributed by atoms with Gasteiger partial charge in [0.15, 0.2) is 11.5 Å². The molecule has 0 saturated heterocycles. The van der Waals surface area contributed by atoms with E-state index in [1.165, 1.54) is 12.1 Å². The molecule has 21 heavy (non-hydrogen) atoms. The van der Waals surface area contributed by atoms with E-state index in [1.54, 1.807) is 36.6 Å². The maximum atomic E-state index is 11.9. The molecule has 1 aromatic carbocycles. The Bertz CT molecular complexity index is 729. The van der Waals surface area contributed by atoms with Crippen molar-refractivity contribution in [3.63, 3.8) is 0 Å². The summed E-state index contributed by atoms with van der Waals surface area (Å²) in [6, 6.07) is 11.5. The van der Waals surface area contributed by atoms with E-state index in [1.807, 2.05) is 0 Å². The summed E-state index contributed by atoms with van der Waals surface area (Å²) in [4.78, 5) is 11.9. The highest BCUT2D eigenvalue weighted by Gasteiger charge is 2.13. The predicted octanol–water partition coefficient (Wildman–Crippen LogP) is 2.57. The lowest BCUT2D eigenvalue weighted by molar-refractivity contribution is 0.0939. The van der Waals surface area contributed by atoms with Crippen LogP contribution in [-0.2, 0) is 6.54 Å². The van der Waals surface area contributed by atoms with Gasteiger partial charge in [-0.1, -0.05) is 5.16 Å². The number of aromatic nitrogens is 1. The first kappa shape index (κ1) is 13.0. The quantitative estimate of drug-likeness (QED) is 0.768. The van der Waals surface area contributed by atoms with Crippen LogP contribution in [0.1, 0.15) is 16.2 Å². The van der Waals surface area contributed by atoms with Crippen molar-refractivity contribution in [1.29, 1.82) is 0 Å². The topological polar surface area (TPSA) is 88.5 Å². The summed E-state index contributed by atoms with van der Waals surface area (Å²) >= 11 is 0. The van der Waals surface area contributed by atoms with Gasteiger partial charge < -0.3 is 19.4 Å². The summed E-state index contributed by atoms with van der Waals surface area (Å²) < 4.78 is 10.3. The molecule has 0 aliphatic rings. The summed E-state index contributed by atoms with van der Waals surface area (Å²) in [5.74, 6) is 0.929. The number of nitrogens with zero attached hydrogens (tertiary/aromatic N) is 1. The fourth-order valence-corrected chi connectivity index (χ4v) is 1.82. The Morgan fingerprint density at radius 3 is 2.76 bits per heavy atom. The van der Waals surface area contributed by atoms with Gasteiger partial charge in [0, 0.05) is 11.6 Å². The Hall–Kier alpha value is -3.02. The summed E-state index contributed by atoms with van der Waals surface area (Å²) in [5.41, 5.74) is 0.912. The molecule has 0 fully saturated rings. The van der Waals surface area contributed by atoms with Crippen molar-refractivity contribution in [3.05, 3.63) is 60.2 Å². The van der Waals surface area contributed by atoms with Crippen LogP contribution in [0.15, 0.2) is 57.7 Å². The summed E-state index contributed by atoms with van der Waals surface area (Å²) in [7, 11) is 0. The highest BCUT2D eigenvalue weighted by atomic mass is 16.5. The van der Waals surface area contributed by atoms with Crippen molar-refractivity contribution < 1.29 is 18.8 Å². The van der Waals surface area contributed by atoms with Gasteiger partial charge in [0.2, 0.25) is 0 Å². The number of furan rings is 1. The highest BCUT2D eigenvalue weighted by molar-refractivity contribution is 5.93. The normalized spacial score (nSPS) is 10.5. The number of phenols is 1. The van der Waals surface area contributed by atoms with Crippen molar-refractivity contribution in [1.82, 2.24) is 10.5 Å². The zero-order valence-electron chi connectivity index (χ0n) is 10.9. The fourth-order valence-electron chi connectivity index (χ4n) is 1.82. The van der Waals surface area contributed by atoms with Gasteiger partial charge in [0.05, 0.1) is 12.8 Å².